The lowest BCUT2D eigenvalue weighted by Crippen LogP contribution is -1.99. The first-order chi connectivity index (χ1) is 8.84. The minimum atomic E-state index is -0.160. The molecule has 3 rings (SSSR count). The Labute approximate surface area is 105 Å². The van der Waals surface area contributed by atoms with Crippen LogP contribution in [0.2, 0.25) is 0 Å². The summed E-state index contributed by atoms with van der Waals surface area (Å²) in [5, 5.41) is 0.684. The van der Waals surface area contributed by atoms with Gasteiger partial charge in [0.25, 0.3) is 0 Å². The number of aromatic nitrogens is 2. The van der Waals surface area contributed by atoms with E-state index in [0.717, 1.165) is 18.5 Å². The predicted molar refractivity (Wildman–Crippen MR) is 69.8 cm³/mol. The molecule has 0 aliphatic heterocycles. The monoisotopic (exact) mass is 240 g/mol. The summed E-state index contributed by atoms with van der Waals surface area (Å²) in [7, 11) is 0. The zero-order valence-corrected chi connectivity index (χ0v) is 9.88. The molecule has 2 heterocycles. The van der Waals surface area contributed by atoms with Crippen molar-refractivity contribution in [2.75, 3.05) is 0 Å². The zero-order chi connectivity index (χ0) is 12.4. The van der Waals surface area contributed by atoms with Crippen molar-refractivity contribution in [3.05, 3.63) is 66.4 Å². The van der Waals surface area contributed by atoms with Gasteiger partial charge in [-0.25, -0.2) is 4.39 Å². The number of halogens is 1. The second-order valence-corrected chi connectivity index (χ2v) is 4.29. The van der Waals surface area contributed by atoms with Gasteiger partial charge in [0.1, 0.15) is 5.82 Å². The quantitative estimate of drug-likeness (QED) is 0.686. The first-order valence-electron chi connectivity index (χ1n) is 5.97. The first-order valence-corrected chi connectivity index (χ1v) is 5.97. The van der Waals surface area contributed by atoms with Gasteiger partial charge in [0.05, 0.1) is 5.52 Å². The molecule has 3 heteroatoms. The molecule has 2 nitrogen and oxygen atoms in total. The molecule has 0 saturated carbocycles. The maximum Gasteiger partial charge on any atom is 0.132 e. The van der Waals surface area contributed by atoms with Gasteiger partial charge in [0.2, 0.25) is 0 Å². The van der Waals surface area contributed by atoms with Gasteiger partial charge >= 0.3 is 0 Å². The molecule has 0 radical (unpaired) electrons. The Bertz CT molecular complexity index is 659. The Morgan fingerprint density at radius 1 is 1.11 bits per heavy atom. The summed E-state index contributed by atoms with van der Waals surface area (Å²) in [4.78, 5) is 4.09. The molecule has 3 aromatic rings. The average molecular weight is 240 g/mol. The van der Waals surface area contributed by atoms with E-state index in [2.05, 4.69) is 15.6 Å². The molecule has 0 aliphatic rings. The summed E-state index contributed by atoms with van der Waals surface area (Å²) in [6.07, 6.45) is 6.47. The fourth-order valence-electron chi connectivity index (χ4n) is 2.18. The SMILES string of the molecule is Fc1cccc2c1ccn2CCc1cccnc1. The van der Waals surface area contributed by atoms with Gasteiger partial charge in [0.15, 0.2) is 0 Å². The molecular weight excluding hydrogens is 227 g/mol. The third-order valence-electron chi connectivity index (χ3n) is 3.12. The molecule has 2 aromatic heterocycles. The number of fused-ring (bicyclic) bond motifs is 1. The summed E-state index contributed by atoms with van der Waals surface area (Å²) in [6, 6.07) is 11.0. The molecule has 0 N–H and O–H groups in total. The summed E-state index contributed by atoms with van der Waals surface area (Å²) in [6.45, 7) is 0.832. The number of aryl methyl sites for hydroxylation is 2. The third kappa shape index (κ3) is 1.99. The van der Waals surface area contributed by atoms with Crippen LogP contribution in [-0.2, 0) is 13.0 Å². The molecule has 90 valence electrons. The Hall–Kier alpha value is -2.16. The number of hydrogen-bond donors (Lipinski definition) is 0. The number of nitrogens with zero attached hydrogens (tertiary/aromatic N) is 2. The van der Waals surface area contributed by atoms with Crippen molar-refractivity contribution in [1.82, 2.24) is 9.55 Å². The molecule has 0 saturated heterocycles. The smallest absolute Gasteiger partial charge is 0.132 e. The molecule has 0 fully saturated rings. The van der Waals surface area contributed by atoms with Crippen LogP contribution in [0.4, 0.5) is 4.39 Å². The largest absolute Gasteiger partial charge is 0.347 e. The summed E-state index contributed by atoms with van der Waals surface area (Å²) in [5.74, 6) is -0.160. The molecule has 18 heavy (non-hydrogen) atoms. The van der Waals surface area contributed by atoms with Crippen LogP contribution >= 0.6 is 0 Å². The molecule has 0 atom stereocenters. The number of hydrogen-bond acceptors (Lipinski definition) is 1. The highest BCUT2D eigenvalue weighted by Gasteiger charge is 2.04. The second-order valence-electron chi connectivity index (χ2n) is 4.29. The van der Waals surface area contributed by atoms with Crippen LogP contribution in [0.3, 0.4) is 0 Å². The van der Waals surface area contributed by atoms with Gasteiger partial charge in [-0.05, 0) is 36.2 Å². The van der Waals surface area contributed by atoms with Crippen LogP contribution < -0.4 is 0 Å². The predicted octanol–water partition coefficient (Wildman–Crippen LogP) is 3.42. The highest BCUT2D eigenvalue weighted by molar-refractivity contribution is 5.80. The highest BCUT2D eigenvalue weighted by atomic mass is 19.1. The molecular formula is C15H13FN2. The van der Waals surface area contributed by atoms with E-state index in [0.29, 0.717) is 5.39 Å². The van der Waals surface area contributed by atoms with Crippen molar-refractivity contribution >= 4 is 10.9 Å². The van der Waals surface area contributed by atoms with E-state index in [1.807, 2.05) is 30.6 Å². The van der Waals surface area contributed by atoms with Crippen molar-refractivity contribution < 1.29 is 4.39 Å². The van der Waals surface area contributed by atoms with Gasteiger partial charge < -0.3 is 4.57 Å². The minimum Gasteiger partial charge on any atom is -0.347 e. The third-order valence-corrected chi connectivity index (χ3v) is 3.12. The Balaban J connectivity index is 1.85. The topological polar surface area (TPSA) is 17.8 Å². The Morgan fingerprint density at radius 2 is 2.06 bits per heavy atom. The molecule has 0 spiro atoms. The lowest BCUT2D eigenvalue weighted by Gasteiger charge is -2.05. The van der Waals surface area contributed by atoms with E-state index in [1.165, 1.54) is 11.6 Å². The fraction of sp³-hybridized carbons (Fsp3) is 0.133. The van der Waals surface area contributed by atoms with Crippen molar-refractivity contribution in [1.29, 1.82) is 0 Å². The van der Waals surface area contributed by atoms with Crippen molar-refractivity contribution in [3.63, 3.8) is 0 Å². The van der Waals surface area contributed by atoms with Crippen LogP contribution in [0, 0.1) is 5.82 Å². The summed E-state index contributed by atoms with van der Waals surface area (Å²) < 4.78 is 15.6. The Morgan fingerprint density at radius 3 is 2.89 bits per heavy atom. The second kappa shape index (κ2) is 4.61. The van der Waals surface area contributed by atoms with E-state index in [9.17, 15) is 4.39 Å². The van der Waals surface area contributed by atoms with E-state index < -0.39 is 0 Å². The van der Waals surface area contributed by atoms with Crippen LogP contribution in [0.5, 0.6) is 0 Å². The van der Waals surface area contributed by atoms with Gasteiger partial charge in [-0.2, -0.15) is 0 Å². The maximum absolute atomic E-state index is 13.5. The van der Waals surface area contributed by atoms with Gasteiger partial charge in [-0.3, -0.25) is 4.98 Å². The van der Waals surface area contributed by atoms with Crippen molar-refractivity contribution in [2.45, 2.75) is 13.0 Å². The van der Waals surface area contributed by atoms with Crippen LogP contribution in [0.15, 0.2) is 55.0 Å². The van der Waals surface area contributed by atoms with Gasteiger partial charge in [0, 0.05) is 30.5 Å². The lowest BCUT2D eigenvalue weighted by molar-refractivity contribution is 0.639. The summed E-state index contributed by atoms with van der Waals surface area (Å²) in [5.41, 5.74) is 2.13. The Kier molecular flexibility index (Phi) is 2.81. The molecule has 0 amide bonds. The molecule has 1 aromatic carbocycles. The molecule has 0 aliphatic carbocycles. The minimum absolute atomic E-state index is 0.160. The lowest BCUT2D eigenvalue weighted by atomic mass is 10.2. The van der Waals surface area contributed by atoms with Crippen LogP contribution in [0.25, 0.3) is 10.9 Å². The maximum atomic E-state index is 13.5. The number of benzene rings is 1. The fourth-order valence-corrected chi connectivity index (χ4v) is 2.18. The van der Waals surface area contributed by atoms with Gasteiger partial charge in [-0.15, -0.1) is 0 Å². The zero-order valence-electron chi connectivity index (χ0n) is 9.88. The number of rotatable bonds is 3. The first kappa shape index (κ1) is 11.0. The summed E-state index contributed by atoms with van der Waals surface area (Å²) >= 11 is 0. The highest BCUT2D eigenvalue weighted by Crippen LogP contribution is 2.19. The van der Waals surface area contributed by atoms with E-state index in [4.69, 9.17) is 0 Å². The number of pyridine rings is 1. The van der Waals surface area contributed by atoms with E-state index >= 15 is 0 Å². The normalized spacial score (nSPS) is 10.9. The van der Waals surface area contributed by atoms with Crippen molar-refractivity contribution in [2.24, 2.45) is 0 Å². The van der Waals surface area contributed by atoms with E-state index in [-0.39, 0.29) is 5.82 Å². The van der Waals surface area contributed by atoms with Crippen molar-refractivity contribution in [3.8, 4) is 0 Å². The van der Waals surface area contributed by atoms with Crippen LogP contribution in [0.1, 0.15) is 5.56 Å². The van der Waals surface area contributed by atoms with E-state index in [1.54, 1.807) is 12.3 Å². The molecule has 0 bridgehead atoms. The standard InChI is InChI=1S/C15H13FN2/c16-14-4-1-5-15-13(14)7-10-18(15)9-6-12-3-2-8-17-11-12/h1-5,7-8,10-11H,6,9H2. The molecule has 0 unspecified atom stereocenters. The average Bonchev–Trinajstić information content (AvgIpc) is 2.82. The van der Waals surface area contributed by atoms with Gasteiger partial charge in [-0.1, -0.05) is 12.1 Å². The van der Waals surface area contributed by atoms with Crippen LogP contribution in [-0.4, -0.2) is 9.55 Å².